The minimum absolute atomic E-state index is 0.671. The minimum atomic E-state index is 0.671. The Labute approximate surface area is 206 Å². The molecule has 0 aromatic heterocycles. The molecule has 1 aliphatic carbocycles. The number of hydrogen-bond donors (Lipinski definition) is 1. The lowest BCUT2D eigenvalue weighted by Crippen LogP contribution is -2.00. The van der Waals surface area contributed by atoms with Gasteiger partial charge >= 0.3 is 0 Å². The molecule has 1 N–H and O–H groups in total. The molecule has 5 rings (SSSR count). The zero-order valence-electron chi connectivity index (χ0n) is 19.4. The zero-order valence-corrected chi connectivity index (χ0v) is 19.4. The molecule has 3 heteroatoms. The monoisotopic (exact) mass is 451 g/mol. The number of aliphatic imine (C=N–C) groups is 1. The van der Waals surface area contributed by atoms with Crippen LogP contribution in [0.1, 0.15) is 17.5 Å². The van der Waals surface area contributed by atoms with Crippen LogP contribution >= 0.6 is 0 Å². The molecule has 0 atom stereocenters. The lowest BCUT2D eigenvalue weighted by molar-refractivity contribution is 1.21. The second-order valence-electron chi connectivity index (χ2n) is 8.47. The number of nitrogens with one attached hydrogen (secondary N) is 1. The van der Waals surface area contributed by atoms with Crippen LogP contribution in [0.3, 0.4) is 0 Å². The third-order valence-corrected chi connectivity index (χ3v) is 6.29. The summed E-state index contributed by atoms with van der Waals surface area (Å²) in [5.74, 6) is 0. The fourth-order valence-electron chi connectivity index (χ4n) is 4.42. The molecule has 0 amide bonds. The average Bonchev–Trinajstić information content (AvgIpc) is 2.93. The average molecular weight is 452 g/mol. The first-order chi connectivity index (χ1) is 17.2. The fourth-order valence-corrected chi connectivity index (χ4v) is 4.42. The summed E-state index contributed by atoms with van der Waals surface area (Å²) in [6.07, 6.45) is 9.78. The van der Waals surface area contributed by atoms with E-state index in [1.165, 1.54) is 33.0 Å². The first kappa shape index (κ1) is 22.1. The van der Waals surface area contributed by atoms with Crippen molar-refractivity contribution in [1.82, 2.24) is 0 Å². The molecular weight excluding hydrogens is 426 g/mol. The van der Waals surface area contributed by atoms with E-state index in [1.807, 2.05) is 48.5 Å². The summed E-state index contributed by atoms with van der Waals surface area (Å²) in [6.45, 7) is 4.37. The fraction of sp³-hybridized carbons (Fsp3) is 0.0625. The highest BCUT2D eigenvalue weighted by atomic mass is 14.9. The van der Waals surface area contributed by atoms with Gasteiger partial charge in [-0.1, -0.05) is 72.8 Å². The highest BCUT2D eigenvalue weighted by molar-refractivity contribution is 6.00. The Balaban J connectivity index is 1.38. The summed E-state index contributed by atoms with van der Waals surface area (Å²) in [6, 6.07) is 30.9. The van der Waals surface area contributed by atoms with Crippen molar-refractivity contribution in [3.63, 3.8) is 0 Å². The first-order valence-electron chi connectivity index (χ1n) is 11.7. The van der Waals surface area contributed by atoms with E-state index in [9.17, 15) is 0 Å². The lowest BCUT2D eigenvalue weighted by Gasteiger charge is -2.15. The van der Waals surface area contributed by atoms with Crippen molar-refractivity contribution >= 4 is 34.4 Å². The molecule has 0 radical (unpaired) electrons. The largest absolute Gasteiger partial charge is 0.380 e. The van der Waals surface area contributed by atoms with Gasteiger partial charge in [-0.3, -0.25) is 4.99 Å². The summed E-state index contributed by atoms with van der Waals surface area (Å²) >= 11 is 0. The van der Waals surface area contributed by atoms with Crippen molar-refractivity contribution in [2.24, 2.45) is 4.99 Å². The van der Waals surface area contributed by atoms with Crippen molar-refractivity contribution in [1.29, 1.82) is 5.26 Å². The van der Waals surface area contributed by atoms with Crippen LogP contribution in [-0.2, 0) is 0 Å². The molecule has 168 valence electrons. The molecule has 0 bridgehead atoms. The van der Waals surface area contributed by atoms with Gasteiger partial charge in [-0.15, -0.1) is 0 Å². The van der Waals surface area contributed by atoms with E-state index < -0.39 is 0 Å². The number of para-hydroxylation sites is 2. The minimum Gasteiger partial charge on any atom is -0.380 e. The third-order valence-electron chi connectivity index (χ3n) is 6.29. The van der Waals surface area contributed by atoms with Gasteiger partial charge in [0.2, 0.25) is 0 Å². The van der Waals surface area contributed by atoms with Crippen LogP contribution in [0.2, 0.25) is 0 Å². The number of anilines is 1. The zero-order chi connectivity index (χ0) is 24.0. The van der Waals surface area contributed by atoms with Crippen LogP contribution in [0.4, 0.5) is 11.4 Å². The quantitative estimate of drug-likeness (QED) is 0.301. The SMILES string of the molecule is C=Nc1ccccc1NC/C=C1\C=CC(c2cc(-c3ccc(C#N)cc3)c3ccccc3c2)=CC1. The van der Waals surface area contributed by atoms with Crippen LogP contribution in [0.25, 0.3) is 27.5 Å². The van der Waals surface area contributed by atoms with Gasteiger partial charge in [0.15, 0.2) is 0 Å². The Bertz CT molecular complexity index is 1530. The molecule has 4 aromatic rings. The summed E-state index contributed by atoms with van der Waals surface area (Å²) in [5, 5.41) is 15.0. The Hall–Kier alpha value is -4.68. The van der Waals surface area contributed by atoms with Crippen molar-refractivity contribution in [2.75, 3.05) is 11.9 Å². The molecule has 0 fully saturated rings. The molecular formula is C32H25N3. The standard InChI is InChI=1S/C32H25N3/c1-34-31-8-4-5-9-32(31)35-19-18-23-10-14-25(15-11-23)28-20-27-6-2-3-7-29(27)30(21-28)26-16-12-24(22-33)13-17-26/h2-10,12-18,20-21,35H,1,11,19H2/b23-18+. The van der Waals surface area contributed by atoms with E-state index in [1.54, 1.807) is 0 Å². The Kier molecular flexibility index (Phi) is 6.37. The van der Waals surface area contributed by atoms with Gasteiger partial charge in [0.25, 0.3) is 0 Å². The Morgan fingerprint density at radius 1 is 0.914 bits per heavy atom. The van der Waals surface area contributed by atoms with E-state index >= 15 is 0 Å². The Morgan fingerprint density at radius 2 is 1.71 bits per heavy atom. The van der Waals surface area contributed by atoms with Crippen molar-refractivity contribution in [3.05, 3.63) is 126 Å². The molecule has 4 aromatic carbocycles. The number of allylic oxidation sites excluding steroid dienone is 5. The van der Waals surface area contributed by atoms with E-state index in [0.29, 0.717) is 5.56 Å². The van der Waals surface area contributed by atoms with Crippen molar-refractivity contribution < 1.29 is 0 Å². The molecule has 1 aliphatic rings. The predicted octanol–water partition coefficient (Wildman–Crippen LogP) is 8.09. The van der Waals surface area contributed by atoms with Gasteiger partial charge in [-0.05, 0) is 88.1 Å². The van der Waals surface area contributed by atoms with E-state index in [-0.39, 0.29) is 0 Å². The second kappa shape index (κ2) is 10.1. The molecule has 3 nitrogen and oxygen atoms in total. The van der Waals surface area contributed by atoms with Gasteiger partial charge < -0.3 is 5.32 Å². The van der Waals surface area contributed by atoms with Crippen LogP contribution < -0.4 is 5.32 Å². The smallest absolute Gasteiger partial charge is 0.0991 e. The number of nitrogens with zero attached hydrogens (tertiary/aromatic N) is 2. The van der Waals surface area contributed by atoms with Gasteiger partial charge in [0, 0.05) is 6.54 Å². The summed E-state index contributed by atoms with van der Waals surface area (Å²) in [4.78, 5) is 4.07. The maximum Gasteiger partial charge on any atom is 0.0991 e. The van der Waals surface area contributed by atoms with Crippen LogP contribution in [0, 0.1) is 11.3 Å². The molecule has 0 spiro atoms. The van der Waals surface area contributed by atoms with E-state index in [2.05, 4.69) is 83.8 Å². The first-order valence-corrected chi connectivity index (χ1v) is 11.7. The number of fused-ring (bicyclic) bond motifs is 1. The van der Waals surface area contributed by atoms with Crippen LogP contribution in [0.15, 0.2) is 120 Å². The lowest BCUT2D eigenvalue weighted by atomic mass is 9.90. The second-order valence-corrected chi connectivity index (χ2v) is 8.47. The highest BCUT2D eigenvalue weighted by Crippen LogP contribution is 2.34. The Morgan fingerprint density at radius 3 is 2.49 bits per heavy atom. The summed E-state index contributed by atoms with van der Waals surface area (Å²) in [5.41, 5.74) is 8.51. The van der Waals surface area contributed by atoms with Gasteiger partial charge in [0.05, 0.1) is 23.0 Å². The molecule has 0 aliphatic heterocycles. The molecule has 0 heterocycles. The topological polar surface area (TPSA) is 48.2 Å². The van der Waals surface area contributed by atoms with Gasteiger partial charge in [-0.2, -0.15) is 5.26 Å². The number of hydrogen-bond acceptors (Lipinski definition) is 3. The molecule has 35 heavy (non-hydrogen) atoms. The highest BCUT2D eigenvalue weighted by Gasteiger charge is 2.10. The van der Waals surface area contributed by atoms with Crippen LogP contribution in [0.5, 0.6) is 0 Å². The van der Waals surface area contributed by atoms with E-state index in [0.717, 1.165) is 29.9 Å². The predicted molar refractivity (Wildman–Crippen MR) is 148 cm³/mol. The third kappa shape index (κ3) is 4.83. The van der Waals surface area contributed by atoms with Gasteiger partial charge in [0.1, 0.15) is 0 Å². The maximum absolute atomic E-state index is 9.16. The van der Waals surface area contributed by atoms with Crippen molar-refractivity contribution in [2.45, 2.75) is 6.42 Å². The maximum atomic E-state index is 9.16. The summed E-state index contributed by atoms with van der Waals surface area (Å²) < 4.78 is 0. The summed E-state index contributed by atoms with van der Waals surface area (Å²) in [7, 11) is 0. The molecule has 0 unspecified atom stereocenters. The number of rotatable bonds is 6. The molecule has 0 saturated carbocycles. The van der Waals surface area contributed by atoms with Crippen LogP contribution in [-0.4, -0.2) is 13.3 Å². The van der Waals surface area contributed by atoms with Gasteiger partial charge in [-0.25, -0.2) is 0 Å². The van der Waals surface area contributed by atoms with E-state index in [4.69, 9.17) is 5.26 Å². The van der Waals surface area contributed by atoms with Crippen molar-refractivity contribution in [3.8, 4) is 17.2 Å². The normalized spacial score (nSPS) is 13.9. The number of nitriles is 1. The molecule has 0 saturated heterocycles. The number of benzene rings is 4.